The van der Waals surface area contributed by atoms with Gasteiger partial charge >= 0.3 is 0 Å². The minimum Gasteiger partial charge on any atom is -0.377 e. The Hall–Kier alpha value is -0.950. The van der Waals surface area contributed by atoms with Gasteiger partial charge < -0.3 is 10.6 Å². The summed E-state index contributed by atoms with van der Waals surface area (Å²) in [7, 11) is 0. The van der Waals surface area contributed by atoms with Crippen molar-refractivity contribution in [3.8, 4) is 11.4 Å². The van der Waals surface area contributed by atoms with E-state index in [0.717, 1.165) is 25.2 Å². The van der Waals surface area contributed by atoms with Gasteiger partial charge in [0.25, 0.3) is 0 Å². The molecule has 0 bridgehead atoms. The molecule has 1 unspecified atom stereocenters. The second-order valence-corrected chi connectivity index (χ2v) is 6.93. The molecule has 22 heavy (non-hydrogen) atoms. The molecule has 1 aliphatic rings. The lowest BCUT2D eigenvalue weighted by Crippen LogP contribution is -2.22. The molecule has 0 amide bonds. The van der Waals surface area contributed by atoms with Crippen LogP contribution < -0.4 is 5.84 Å². The van der Waals surface area contributed by atoms with Gasteiger partial charge in [0.05, 0.1) is 11.1 Å². The summed E-state index contributed by atoms with van der Waals surface area (Å²) in [4.78, 5) is 0. The van der Waals surface area contributed by atoms with Crippen molar-refractivity contribution >= 4 is 35.0 Å². The van der Waals surface area contributed by atoms with Gasteiger partial charge in [-0.25, -0.2) is 4.68 Å². The molecule has 1 atom stereocenters. The molecule has 0 saturated carbocycles. The molecule has 2 heterocycles. The molecule has 8 heteroatoms. The van der Waals surface area contributed by atoms with E-state index in [1.165, 1.54) is 11.1 Å². The highest BCUT2D eigenvalue weighted by Gasteiger charge is 2.18. The fourth-order valence-electron chi connectivity index (χ4n) is 2.33. The third kappa shape index (κ3) is 3.51. The highest BCUT2D eigenvalue weighted by Crippen LogP contribution is 2.31. The van der Waals surface area contributed by atoms with E-state index in [4.69, 9.17) is 33.8 Å². The third-order valence-corrected chi connectivity index (χ3v) is 5.15. The summed E-state index contributed by atoms with van der Waals surface area (Å²) in [5.41, 5.74) is 0.671. The lowest BCUT2D eigenvalue weighted by molar-refractivity contribution is 0.0315. The van der Waals surface area contributed by atoms with E-state index in [2.05, 4.69) is 10.2 Å². The Kier molecular flexibility index (Phi) is 5.13. The molecule has 1 aromatic carbocycles. The van der Waals surface area contributed by atoms with Crippen LogP contribution in [0.25, 0.3) is 11.4 Å². The van der Waals surface area contributed by atoms with Crippen molar-refractivity contribution in [2.24, 2.45) is 0 Å². The molecule has 5 nitrogen and oxygen atoms in total. The van der Waals surface area contributed by atoms with E-state index >= 15 is 0 Å². The summed E-state index contributed by atoms with van der Waals surface area (Å²) in [5.74, 6) is 7.42. The van der Waals surface area contributed by atoms with Crippen molar-refractivity contribution in [3.05, 3.63) is 28.2 Å². The topological polar surface area (TPSA) is 66.0 Å². The van der Waals surface area contributed by atoms with E-state index in [0.29, 0.717) is 26.6 Å². The normalized spacial score (nSPS) is 18.5. The first-order valence-corrected chi connectivity index (χ1v) is 8.79. The molecule has 0 radical (unpaired) electrons. The van der Waals surface area contributed by atoms with Crippen LogP contribution >= 0.6 is 35.0 Å². The number of ether oxygens (including phenoxy) is 1. The number of thioether (sulfide) groups is 1. The first-order valence-electron chi connectivity index (χ1n) is 7.05. The molecular weight excluding hydrogens is 343 g/mol. The summed E-state index contributed by atoms with van der Waals surface area (Å²) in [6.07, 6.45) is 3.70. The van der Waals surface area contributed by atoms with Crippen LogP contribution in [0.4, 0.5) is 0 Å². The monoisotopic (exact) mass is 358 g/mol. The molecule has 0 aliphatic carbocycles. The minimum absolute atomic E-state index is 0.258. The number of halogens is 2. The van der Waals surface area contributed by atoms with Gasteiger partial charge in [0.15, 0.2) is 5.82 Å². The lowest BCUT2D eigenvalue weighted by atomic mass is 10.1. The number of hydrogen-bond acceptors (Lipinski definition) is 5. The number of rotatable bonds is 4. The zero-order chi connectivity index (χ0) is 15.5. The Labute approximate surface area is 143 Å². The Morgan fingerprint density at radius 1 is 1.32 bits per heavy atom. The van der Waals surface area contributed by atoms with Crippen LogP contribution in [0, 0.1) is 0 Å². The highest BCUT2D eigenvalue weighted by atomic mass is 35.5. The number of benzene rings is 1. The van der Waals surface area contributed by atoms with E-state index in [-0.39, 0.29) is 6.10 Å². The smallest absolute Gasteiger partial charge is 0.210 e. The Balaban J connectivity index is 1.75. The van der Waals surface area contributed by atoms with E-state index in [9.17, 15) is 0 Å². The lowest BCUT2D eigenvalue weighted by Gasteiger charge is -2.21. The third-order valence-electron chi connectivity index (χ3n) is 3.51. The van der Waals surface area contributed by atoms with Crippen molar-refractivity contribution in [3.63, 3.8) is 0 Å². The second kappa shape index (κ2) is 7.08. The molecule has 0 spiro atoms. The van der Waals surface area contributed by atoms with Gasteiger partial charge in [-0.05, 0) is 37.5 Å². The summed E-state index contributed by atoms with van der Waals surface area (Å²) >= 11 is 13.7. The minimum atomic E-state index is 0.258. The zero-order valence-corrected chi connectivity index (χ0v) is 14.2. The zero-order valence-electron chi connectivity index (χ0n) is 11.8. The van der Waals surface area contributed by atoms with Gasteiger partial charge in [-0.1, -0.05) is 35.0 Å². The van der Waals surface area contributed by atoms with E-state index in [1.807, 2.05) is 0 Å². The molecule has 1 saturated heterocycles. The predicted molar refractivity (Wildman–Crippen MR) is 89.9 cm³/mol. The first kappa shape index (κ1) is 15.9. The maximum atomic E-state index is 6.19. The van der Waals surface area contributed by atoms with Crippen LogP contribution in [0.3, 0.4) is 0 Å². The van der Waals surface area contributed by atoms with Crippen molar-refractivity contribution < 1.29 is 4.74 Å². The van der Waals surface area contributed by atoms with Crippen molar-refractivity contribution in [2.75, 3.05) is 18.2 Å². The summed E-state index contributed by atoms with van der Waals surface area (Å²) in [5, 5.41) is 10.0. The van der Waals surface area contributed by atoms with Gasteiger partial charge in [-0.2, -0.15) is 0 Å². The largest absolute Gasteiger partial charge is 0.377 e. The van der Waals surface area contributed by atoms with Crippen LogP contribution in [-0.4, -0.2) is 33.3 Å². The number of nitrogens with two attached hydrogens (primary N) is 1. The Bertz CT molecular complexity index is 658. The molecule has 3 rings (SSSR count). The molecule has 1 aromatic heterocycles. The summed E-state index contributed by atoms with van der Waals surface area (Å²) in [6.45, 7) is 0.837. The Morgan fingerprint density at radius 2 is 2.18 bits per heavy atom. The molecular formula is C14H16Cl2N4OS. The van der Waals surface area contributed by atoms with Crippen LogP contribution in [-0.2, 0) is 4.74 Å². The van der Waals surface area contributed by atoms with Crippen LogP contribution in [0.15, 0.2) is 23.4 Å². The predicted octanol–water partition coefficient (Wildman–Crippen LogP) is 3.63. The molecule has 1 fully saturated rings. The number of nitrogens with zero attached hydrogens (tertiary/aromatic N) is 3. The number of aromatic nitrogens is 3. The fraction of sp³-hybridized carbons (Fsp3) is 0.429. The molecule has 2 aromatic rings. The van der Waals surface area contributed by atoms with Crippen molar-refractivity contribution in [2.45, 2.75) is 30.5 Å². The van der Waals surface area contributed by atoms with E-state index < -0.39 is 0 Å². The highest BCUT2D eigenvalue weighted by molar-refractivity contribution is 7.99. The van der Waals surface area contributed by atoms with Gasteiger partial charge in [-0.3, -0.25) is 0 Å². The average molecular weight is 359 g/mol. The van der Waals surface area contributed by atoms with Crippen LogP contribution in [0.5, 0.6) is 0 Å². The molecule has 118 valence electrons. The van der Waals surface area contributed by atoms with Gasteiger partial charge in [0.1, 0.15) is 0 Å². The molecule has 2 N–H and O–H groups in total. The van der Waals surface area contributed by atoms with Crippen molar-refractivity contribution in [1.29, 1.82) is 0 Å². The average Bonchev–Trinajstić information content (AvgIpc) is 2.89. The summed E-state index contributed by atoms with van der Waals surface area (Å²) < 4.78 is 7.16. The van der Waals surface area contributed by atoms with E-state index in [1.54, 1.807) is 30.0 Å². The maximum Gasteiger partial charge on any atom is 0.210 e. The standard InChI is InChI=1S/C14H16Cl2N4OS/c15-9-4-5-12(16)11(7-9)13-18-19-14(20(13)17)22-8-10-3-1-2-6-21-10/h4-5,7,10H,1-3,6,8,17H2. The maximum absolute atomic E-state index is 6.19. The number of hydrogen-bond donors (Lipinski definition) is 1. The van der Waals surface area contributed by atoms with Gasteiger partial charge in [-0.15, -0.1) is 10.2 Å². The van der Waals surface area contributed by atoms with Crippen molar-refractivity contribution in [1.82, 2.24) is 14.9 Å². The second-order valence-electron chi connectivity index (χ2n) is 5.10. The van der Waals surface area contributed by atoms with Gasteiger partial charge in [0.2, 0.25) is 5.16 Å². The molecule has 1 aliphatic heterocycles. The first-order chi connectivity index (χ1) is 10.6. The van der Waals surface area contributed by atoms with Gasteiger partial charge in [0, 0.05) is 22.9 Å². The number of nitrogen functional groups attached to an aromatic ring is 1. The quantitative estimate of drug-likeness (QED) is 0.667. The SMILES string of the molecule is Nn1c(SCC2CCCCO2)nnc1-c1cc(Cl)ccc1Cl. The summed E-state index contributed by atoms with van der Waals surface area (Å²) in [6, 6.07) is 5.17. The fourth-order valence-corrected chi connectivity index (χ4v) is 3.63. The van der Waals surface area contributed by atoms with Crippen LogP contribution in [0.2, 0.25) is 10.0 Å². The Morgan fingerprint density at radius 3 is 2.95 bits per heavy atom. The van der Waals surface area contributed by atoms with Crippen LogP contribution in [0.1, 0.15) is 19.3 Å².